The number of hydrogen-bond donors (Lipinski definition) is 1. The molecule has 0 spiro atoms. The Morgan fingerprint density at radius 3 is 2.48 bits per heavy atom. The van der Waals surface area contributed by atoms with Crippen LogP contribution in [-0.4, -0.2) is 39.9 Å². The molecule has 166 valence electrons. The number of nitrogens with one attached hydrogen (secondary N) is 1. The molecule has 1 fully saturated rings. The molecule has 1 heterocycles. The normalized spacial score (nSPS) is 19.9. The summed E-state index contributed by atoms with van der Waals surface area (Å²) in [6.07, 6.45) is 5.59. The Hall–Kier alpha value is -2.53. The van der Waals surface area contributed by atoms with Gasteiger partial charge in [-0.15, -0.1) is 0 Å². The maximum atomic E-state index is 13.0. The van der Waals surface area contributed by atoms with Crippen molar-refractivity contribution in [1.82, 2.24) is 5.32 Å². The van der Waals surface area contributed by atoms with Crippen LogP contribution in [0.3, 0.4) is 0 Å². The first-order chi connectivity index (χ1) is 15.1. The summed E-state index contributed by atoms with van der Waals surface area (Å²) in [6, 6.07) is 14.5. The lowest BCUT2D eigenvalue weighted by Crippen LogP contribution is -2.44. The zero-order valence-corrected chi connectivity index (χ0v) is 18.6. The van der Waals surface area contributed by atoms with Crippen LogP contribution in [0.15, 0.2) is 42.5 Å². The molecule has 1 N–H and O–H groups in total. The molecule has 0 aromatic heterocycles. The van der Waals surface area contributed by atoms with Gasteiger partial charge in [0.15, 0.2) is 0 Å². The summed E-state index contributed by atoms with van der Waals surface area (Å²) >= 11 is 0. The van der Waals surface area contributed by atoms with E-state index >= 15 is 0 Å². The number of carbonyl (C=O) groups excluding carboxylic acids is 1. The van der Waals surface area contributed by atoms with Gasteiger partial charge in [-0.1, -0.05) is 18.2 Å². The minimum absolute atomic E-state index is 0.0853. The number of amides is 1. The summed E-state index contributed by atoms with van der Waals surface area (Å²) in [7, 11) is 3.38. The van der Waals surface area contributed by atoms with E-state index in [2.05, 4.69) is 29.6 Å². The SMILES string of the molecule is COc1ccc(C2(CNC(=O)CC3CCCc4cc(OC)ccc43)CCOCC2)cc1. The number of fused-ring (bicyclic) bond motifs is 1. The van der Waals surface area contributed by atoms with Crippen LogP contribution in [0.2, 0.25) is 0 Å². The van der Waals surface area contributed by atoms with Crippen LogP contribution >= 0.6 is 0 Å². The number of benzene rings is 2. The third kappa shape index (κ3) is 4.87. The fraction of sp³-hybridized carbons (Fsp3) is 0.500. The number of aryl methyl sites for hydroxylation is 1. The number of hydrogen-bond acceptors (Lipinski definition) is 4. The minimum atomic E-state index is -0.0853. The summed E-state index contributed by atoms with van der Waals surface area (Å²) < 4.78 is 16.3. The van der Waals surface area contributed by atoms with Gasteiger partial charge in [-0.25, -0.2) is 0 Å². The highest BCUT2D eigenvalue weighted by Gasteiger charge is 2.35. The Bertz CT molecular complexity index is 887. The van der Waals surface area contributed by atoms with Gasteiger partial charge >= 0.3 is 0 Å². The molecule has 1 aliphatic carbocycles. The van der Waals surface area contributed by atoms with Crippen molar-refractivity contribution in [3.8, 4) is 11.5 Å². The van der Waals surface area contributed by atoms with Gasteiger partial charge in [-0.3, -0.25) is 4.79 Å². The maximum Gasteiger partial charge on any atom is 0.220 e. The van der Waals surface area contributed by atoms with Gasteiger partial charge in [-0.2, -0.15) is 0 Å². The van der Waals surface area contributed by atoms with Crippen LogP contribution in [0.25, 0.3) is 0 Å². The molecule has 0 bridgehead atoms. The Morgan fingerprint density at radius 1 is 1.06 bits per heavy atom. The molecule has 0 saturated carbocycles. The molecule has 31 heavy (non-hydrogen) atoms. The zero-order chi connectivity index (χ0) is 21.7. The van der Waals surface area contributed by atoms with Crippen LogP contribution in [0.4, 0.5) is 0 Å². The average Bonchev–Trinajstić information content (AvgIpc) is 2.83. The Labute approximate surface area is 185 Å². The number of rotatable bonds is 7. The largest absolute Gasteiger partial charge is 0.497 e. The van der Waals surface area contributed by atoms with E-state index in [4.69, 9.17) is 14.2 Å². The second-order valence-electron chi connectivity index (χ2n) is 8.76. The highest BCUT2D eigenvalue weighted by Crippen LogP contribution is 2.37. The molecular weight excluding hydrogens is 390 g/mol. The van der Waals surface area contributed by atoms with E-state index in [1.807, 2.05) is 18.2 Å². The van der Waals surface area contributed by atoms with Crippen LogP contribution < -0.4 is 14.8 Å². The Kier molecular flexibility index (Phi) is 6.81. The highest BCUT2D eigenvalue weighted by atomic mass is 16.5. The molecule has 2 aliphatic rings. The summed E-state index contributed by atoms with van der Waals surface area (Å²) in [5.41, 5.74) is 3.78. The Morgan fingerprint density at radius 2 is 1.77 bits per heavy atom. The summed E-state index contributed by atoms with van der Waals surface area (Å²) in [6.45, 7) is 2.09. The molecule has 2 aromatic rings. The summed E-state index contributed by atoms with van der Waals surface area (Å²) in [5.74, 6) is 2.15. The molecule has 1 saturated heterocycles. The molecule has 4 rings (SSSR count). The van der Waals surface area contributed by atoms with E-state index in [0.29, 0.717) is 13.0 Å². The number of ether oxygens (including phenoxy) is 3. The van der Waals surface area contributed by atoms with Gasteiger partial charge in [0, 0.05) is 31.6 Å². The predicted molar refractivity (Wildman–Crippen MR) is 121 cm³/mol. The standard InChI is InChI=1S/C26H33NO4/c1-29-22-8-6-21(7-9-22)26(12-14-31-15-13-26)18-27-25(28)17-20-5-3-4-19-16-23(30-2)10-11-24(19)20/h6-11,16,20H,3-5,12-15,17-18H2,1-2H3,(H,27,28). The van der Waals surface area contributed by atoms with Crippen molar-refractivity contribution in [3.05, 3.63) is 59.2 Å². The molecule has 1 amide bonds. The van der Waals surface area contributed by atoms with E-state index in [1.54, 1.807) is 14.2 Å². The molecule has 1 unspecified atom stereocenters. The molecular formula is C26H33NO4. The van der Waals surface area contributed by atoms with Gasteiger partial charge in [0.1, 0.15) is 11.5 Å². The fourth-order valence-electron chi connectivity index (χ4n) is 5.07. The molecule has 1 atom stereocenters. The van der Waals surface area contributed by atoms with E-state index in [9.17, 15) is 4.79 Å². The van der Waals surface area contributed by atoms with Crippen molar-refractivity contribution in [1.29, 1.82) is 0 Å². The smallest absolute Gasteiger partial charge is 0.220 e. The van der Waals surface area contributed by atoms with Crippen molar-refractivity contribution in [2.45, 2.75) is 49.9 Å². The molecule has 0 radical (unpaired) electrons. The first kappa shape index (κ1) is 21.7. The first-order valence-electron chi connectivity index (χ1n) is 11.3. The monoisotopic (exact) mass is 423 g/mol. The highest BCUT2D eigenvalue weighted by molar-refractivity contribution is 5.77. The van der Waals surface area contributed by atoms with E-state index in [-0.39, 0.29) is 17.2 Å². The third-order valence-corrected chi connectivity index (χ3v) is 7.00. The average molecular weight is 424 g/mol. The second-order valence-corrected chi connectivity index (χ2v) is 8.76. The van der Waals surface area contributed by atoms with Crippen molar-refractivity contribution < 1.29 is 19.0 Å². The van der Waals surface area contributed by atoms with Crippen molar-refractivity contribution in [2.24, 2.45) is 0 Å². The number of methoxy groups -OCH3 is 2. The minimum Gasteiger partial charge on any atom is -0.497 e. The fourth-order valence-corrected chi connectivity index (χ4v) is 5.07. The molecule has 5 nitrogen and oxygen atoms in total. The van der Waals surface area contributed by atoms with Crippen LogP contribution in [0, 0.1) is 0 Å². The van der Waals surface area contributed by atoms with Crippen molar-refractivity contribution >= 4 is 5.91 Å². The predicted octanol–water partition coefficient (Wildman–Crippen LogP) is 4.38. The molecule has 2 aromatic carbocycles. The van der Waals surface area contributed by atoms with E-state index < -0.39 is 0 Å². The third-order valence-electron chi connectivity index (χ3n) is 7.00. The van der Waals surface area contributed by atoms with Crippen molar-refractivity contribution in [3.63, 3.8) is 0 Å². The van der Waals surface area contributed by atoms with Gasteiger partial charge in [0.05, 0.1) is 14.2 Å². The van der Waals surface area contributed by atoms with Crippen molar-refractivity contribution in [2.75, 3.05) is 34.0 Å². The van der Waals surface area contributed by atoms with Crippen LogP contribution in [-0.2, 0) is 21.4 Å². The lowest BCUT2D eigenvalue weighted by atomic mass is 9.74. The topological polar surface area (TPSA) is 56.8 Å². The number of carbonyl (C=O) groups is 1. The van der Waals surface area contributed by atoms with Crippen LogP contribution in [0.1, 0.15) is 54.7 Å². The quantitative estimate of drug-likeness (QED) is 0.718. The van der Waals surface area contributed by atoms with Gasteiger partial charge in [0.2, 0.25) is 5.91 Å². The van der Waals surface area contributed by atoms with Gasteiger partial charge in [-0.05, 0) is 79.0 Å². The van der Waals surface area contributed by atoms with E-state index in [0.717, 1.165) is 56.8 Å². The Balaban J connectivity index is 1.43. The van der Waals surface area contributed by atoms with Gasteiger partial charge < -0.3 is 19.5 Å². The van der Waals surface area contributed by atoms with Crippen LogP contribution in [0.5, 0.6) is 11.5 Å². The second kappa shape index (κ2) is 9.73. The summed E-state index contributed by atoms with van der Waals surface area (Å²) in [5, 5.41) is 3.27. The van der Waals surface area contributed by atoms with Gasteiger partial charge in [0.25, 0.3) is 0 Å². The molecule has 5 heteroatoms. The lowest BCUT2D eigenvalue weighted by Gasteiger charge is -2.38. The summed E-state index contributed by atoms with van der Waals surface area (Å²) in [4.78, 5) is 13.0. The first-order valence-corrected chi connectivity index (χ1v) is 11.3. The lowest BCUT2D eigenvalue weighted by molar-refractivity contribution is -0.122. The maximum absolute atomic E-state index is 13.0. The zero-order valence-electron chi connectivity index (χ0n) is 18.6. The molecule has 1 aliphatic heterocycles. The van der Waals surface area contributed by atoms with E-state index in [1.165, 1.54) is 16.7 Å².